The van der Waals surface area contributed by atoms with E-state index < -0.39 is 40.9 Å². The summed E-state index contributed by atoms with van der Waals surface area (Å²) in [5, 5.41) is 14.8. The zero-order chi connectivity index (χ0) is 25.3. The smallest absolute Gasteiger partial charge is 0.407 e. The van der Waals surface area contributed by atoms with Crippen molar-refractivity contribution in [3.05, 3.63) is 59.7 Å². The van der Waals surface area contributed by atoms with Crippen LogP contribution in [0.1, 0.15) is 58.6 Å². The molecule has 2 aromatic carbocycles. The van der Waals surface area contributed by atoms with Gasteiger partial charge < -0.3 is 20.5 Å². The zero-order valence-electron chi connectivity index (χ0n) is 20.6. The van der Waals surface area contributed by atoms with Crippen molar-refractivity contribution in [1.29, 1.82) is 0 Å². The topological polar surface area (TPSA) is 105 Å². The third kappa shape index (κ3) is 5.41. The summed E-state index contributed by atoms with van der Waals surface area (Å²) in [7, 11) is 0. The molecule has 0 heterocycles. The molecule has 0 spiro atoms. The fourth-order valence-electron chi connectivity index (χ4n) is 4.31. The van der Waals surface area contributed by atoms with E-state index in [1.807, 2.05) is 36.4 Å². The maximum Gasteiger partial charge on any atom is 0.407 e. The summed E-state index contributed by atoms with van der Waals surface area (Å²) >= 11 is 0. The van der Waals surface area contributed by atoms with Gasteiger partial charge >= 0.3 is 12.1 Å². The van der Waals surface area contributed by atoms with Crippen LogP contribution in [0.4, 0.5) is 4.79 Å². The summed E-state index contributed by atoms with van der Waals surface area (Å²) in [6, 6.07) is 14.0. The van der Waals surface area contributed by atoms with Crippen LogP contribution in [-0.4, -0.2) is 41.8 Å². The fourth-order valence-corrected chi connectivity index (χ4v) is 4.31. The second kappa shape index (κ2) is 9.49. The number of carboxylic acids is 1. The zero-order valence-corrected chi connectivity index (χ0v) is 20.6. The van der Waals surface area contributed by atoms with E-state index >= 15 is 0 Å². The normalized spacial score (nSPS) is 15.0. The second-order valence-electron chi connectivity index (χ2n) is 10.9. The largest absolute Gasteiger partial charge is 0.480 e. The Labute approximate surface area is 200 Å². The molecule has 3 N–H and O–H groups in total. The van der Waals surface area contributed by atoms with E-state index in [2.05, 4.69) is 22.8 Å². The molecular weight excluding hydrogens is 432 g/mol. The van der Waals surface area contributed by atoms with Crippen LogP contribution in [0.25, 0.3) is 11.1 Å². The van der Waals surface area contributed by atoms with Crippen molar-refractivity contribution < 1.29 is 24.2 Å². The highest BCUT2D eigenvalue weighted by atomic mass is 16.5. The van der Waals surface area contributed by atoms with Gasteiger partial charge in [0, 0.05) is 5.92 Å². The molecule has 0 saturated carbocycles. The first-order valence-electron chi connectivity index (χ1n) is 11.5. The highest BCUT2D eigenvalue weighted by molar-refractivity contribution is 5.90. The second-order valence-corrected chi connectivity index (χ2v) is 10.9. The first-order chi connectivity index (χ1) is 15.8. The molecule has 34 heavy (non-hydrogen) atoms. The molecule has 1 aliphatic rings. The lowest BCUT2D eigenvalue weighted by Gasteiger charge is -2.34. The summed E-state index contributed by atoms with van der Waals surface area (Å²) in [5.41, 5.74) is 3.07. The molecule has 0 aliphatic heterocycles. The van der Waals surface area contributed by atoms with Gasteiger partial charge in [0.05, 0.1) is 0 Å². The van der Waals surface area contributed by atoms with Crippen molar-refractivity contribution in [2.75, 3.05) is 6.61 Å². The van der Waals surface area contributed by atoms with E-state index in [1.165, 1.54) is 0 Å². The maximum atomic E-state index is 13.0. The van der Waals surface area contributed by atoms with Crippen LogP contribution in [0.2, 0.25) is 0 Å². The van der Waals surface area contributed by atoms with Crippen LogP contribution in [0.15, 0.2) is 48.5 Å². The lowest BCUT2D eigenvalue weighted by Crippen LogP contribution is -2.59. The number of alkyl carbamates (subject to hydrolysis) is 1. The first kappa shape index (κ1) is 25.3. The van der Waals surface area contributed by atoms with Gasteiger partial charge in [-0.05, 0) is 33.1 Å². The summed E-state index contributed by atoms with van der Waals surface area (Å²) in [6.07, 6.45) is -0.723. The van der Waals surface area contributed by atoms with Gasteiger partial charge in [-0.25, -0.2) is 9.59 Å². The predicted molar refractivity (Wildman–Crippen MR) is 130 cm³/mol. The molecule has 2 amide bonds. The van der Waals surface area contributed by atoms with Crippen LogP contribution in [0.3, 0.4) is 0 Å². The minimum absolute atomic E-state index is 0.0997. The van der Waals surface area contributed by atoms with Crippen LogP contribution < -0.4 is 10.6 Å². The molecule has 1 aliphatic carbocycles. The van der Waals surface area contributed by atoms with Gasteiger partial charge in [-0.2, -0.15) is 0 Å². The van der Waals surface area contributed by atoms with E-state index in [0.717, 1.165) is 22.3 Å². The molecule has 3 rings (SSSR count). The average Bonchev–Trinajstić information content (AvgIpc) is 3.06. The number of nitrogens with one attached hydrogen (secondary N) is 2. The third-order valence-electron chi connectivity index (χ3n) is 6.13. The Bertz CT molecular complexity index is 1040. The van der Waals surface area contributed by atoms with Crippen molar-refractivity contribution in [2.45, 2.75) is 59.5 Å². The van der Waals surface area contributed by atoms with Gasteiger partial charge in [-0.15, -0.1) is 0 Å². The molecule has 7 heteroatoms. The van der Waals surface area contributed by atoms with Gasteiger partial charge in [-0.1, -0.05) is 90.1 Å². The SMILES string of the molecule is CC(C)(C)C(NC(=O)OCC1c2ccccc2-c2ccccc21)C(=O)N[C@@H](C(=O)O)C(C)(C)C. The van der Waals surface area contributed by atoms with Gasteiger partial charge in [0.15, 0.2) is 0 Å². The van der Waals surface area contributed by atoms with E-state index in [9.17, 15) is 19.5 Å². The van der Waals surface area contributed by atoms with Crippen molar-refractivity contribution in [1.82, 2.24) is 10.6 Å². The molecule has 2 atom stereocenters. The van der Waals surface area contributed by atoms with E-state index in [1.54, 1.807) is 41.5 Å². The maximum absolute atomic E-state index is 13.0. The molecular formula is C27H34N2O5. The lowest BCUT2D eigenvalue weighted by molar-refractivity contribution is -0.145. The molecule has 182 valence electrons. The molecule has 0 aromatic heterocycles. The van der Waals surface area contributed by atoms with Gasteiger partial charge in [0.1, 0.15) is 18.7 Å². The summed E-state index contributed by atoms with van der Waals surface area (Å²) in [5.74, 6) is -1.80. The van der Waals surface area contributed by atoms with Crippen LogP contribution >= 0.6 is 0 Å². The number of carbonyl (C=O) groups excluding carboxylic acids is 2. The van der Waals surface area contributed by atoms with Gasteiger partial charge in [0.25, 0.3) is 0 Å². The van der Waals surface area contributed by atoms with Gasteiger partial charge in [0.2, 0.25) is 5.91 Å². The third-order valence-corrected chi connectivity index (χ3v) is 6.13. The molecule has 0 fully saturated rings. The molecule has 0 bridgehead atoms. The Morgan fingerprint density at radius 3 is 1.74 bits per heavy atom. The minimum atomic E-state index is -1.13. The number of rotatable bonds is 6. The number of carbonyl (C=O) groups is 3. The Morgan fingerprint density at radius 1 is 0.824 bits per heavy atom. The number of aliphatic carboxylic acids is 1. The Balaban J connectivity index is 1.72. The lowest BCUT2D eigenvalue weighted by atomic mass is 9.83. The summed E-state index contributed by atoms with van der Waals surface area (Å²) in [6.45, 7) is 10.7. The van der Waals surface area contributed by atoms with Crippen LogP contribution in [0.5, 0.6) is 0 Å². The summed E-state index contributed by atoms with van der Waals surface area (Å²) in [4.78, 5) is 37.5. The van der Waals surface area contributed by atoms with Crippen molar-refractivity contribution in [3.63, 3.8) is 0 Å². The molecule has 7 nitrogen and oxygen atoms in total. The van der Waals surface area contributed by atoms with Crippen LogP contribution in [-0.2, 0) is 14.3 Å². The number of amides is 2. The Hall–Kier alpha value is -3.35. The number of hydrogen-bond donors (Lipinski definition) is 3. The van der Waals surface area contributed by atoms with E-state index in [-0.39, 0.29) is 12.5 Å². The fraction of sp³-hybridized carbons (Fsp3) is 0.444. The first-order valence-corrected chi connectivity index (χ1v) is 11.5. The highest BCUT2D eigenvalue weighted by Gasteiger charge is 2.39. The molecule has 0 radical (unpaired) electrons. The molecule has 2 aromatic rings. The minimum Gasteiger partial charge on any atom is -0.480 e. The predicted octanol–water partition coefficient (Wildman–Crippen LogP) is 4.56. The van der Waals surface area contributed by atoms with E-state index in [0.29, 0.717) is 0 Å². The summed E-state index contributed by atoms with van der Waals surface area (Å²) < 4.78 is 5.59. The molecule has 1 unspecified atom stereocenters. The van der Waals surface area contributed by atoms with E-state index in [4.69, 9.17) is 4.74 Å². The quantitative estimate of drug-likeness (QED) is 0.579. The Kier molecular flexibility index (Phi) is 7.05. The Morgan fingerprint density at radius 2 is 1.29 bits per heavy atom. The van der Waals surface area contributed by atoms with Crippen molar-refractivity contribution in [3.8, 4) is 11.1 Å². The molecule has 0 saturated heterocycles. The number of carboxylic acid groups (broad SMARTS) is 1. The number of ether oxygens (including phenoxy) is 1. The van der Waals surface area contributed by atoms with Crippen LogP contribution in [0, 0.1) is 10.8 Å². The monoisotopic (exact) mass is 466 g/mol. The average molecular weight is 467 g/mol. The number of hydrogen-bond acceptors (Lipinski definition) is 4. The van der Waals surface area contributed by atoms with Gasteiger partial charge in [-0.3, -0.25) is 4.79 Å². The number of benzene rings is 2. The van der Waals surface area contributed by atoms with Crippen molar-refractivity contribution >= 4 is 18.0 Å². The number of fused-ring (bicyclic) bond motifs is 3. The standard InChI is InChI=1S/C27H34N2O5/c1-26(2,3)21(23(30)28-22(24(31)32)27(4,5)6)29-25(33)34-15-20-18-13-9-7-11-16(18)17-12-8-10-14-19(17)20/h7-14,20-22H,15H2,1-6H3,(H,28,30)(H,29,33)(H,31,32)/t21?,22-/m0/s1. The highest BCUT2D eigenvalue weighted by Crippen LogP contribution is 2.44. The van der Waals surface area contributed by atoms with Crippen molar-refractivity contribution in [2.24, 2.45) is 10.8 Å².